The maximum Gasteiger partial charge on any atom is 0.308 e. The molecule has 0 saturated heterocycles. The Balaban J connectivity index is 1.64. The highest BCUT2D eigenvalue weighted by atomic mass is 16.5. The summed E-state index contributed by atoms with van der Waals surface area (Å²) in [5.74, 6) is 0.198. The van der Waals surface area contributed by atoms with Crippen LogP contribution in [0.3, 0.4) is 0 Å². The Morgan fingerprint density at radius 3 is 2.28 bits per heavy atom. The number of hydrogen-bond acceptors (Lipinski definition) is 4. The fraction of sp³-hybridized carbons (Fsp3) is 0.333. The van der Waals surface area contributed by atoms with Gasteiger partial charge in [-0.15, -0.1) is 0 Å². The molecule has 0 fully saturated rings. The first-order chi connectivity index (χ1) is 18.9. The number of H-pyrrole nitrogens is 1. The molecule has 1 aromatic heterocycles. The van der Waals surface area contributed by atoms with Crippen molar-refractivity contribution in [2.24, 2.45) is 5.92 Å². The highest BCUT2D eigenvalue weighted by Crippen LogP contribution is 2.37. The quantitative estimate of drug-likeness (QED) is 0.229. The lowest BCUT2D eigenvalue weighted by molar-refractivity contribution is -0.147. The standard InChI is InChI=1S/C33H38N2O4/c1-5-38-33(37)23(2)20-28-24(3)34-29-17-16-27(32(31(28)29)39-22-26-14-10-7-11-15-26)21-30(36)35(4)19-18-25-12-8-6-9-13-25/h6-17,23,34H,5,18-22H2,1-4H3. The second-order valence-corrected chi connectivity index (χ2v) is 10.1. The number of aromatic nitrogens is 1. The maximum absolute atomic E-state index is 13.3. The lowest BCUT2D eigenvalue weighted by Gasteiger charge is -2.20. The van der Waals surface area contributed by atoms with Crippen LogP contribution in [-0.4, -0.2) is 42.0 Å². The Bertz CT molecular complexity index is 1400. The van der Waals surface area contributed by atoms with Crippen LogP contribution in [0.25, 0.3) is 10.9 Å². The van der Waals surface area contributed by atoms with Crippen LogP contribution in [0.5, 0.6) is 5.75 Å². The van der Waals surface area contributed by atoms with Gasteiger partial charge in [0.1, 0.15) is 12.4 Å². The molecule has 204 valence electrons. The van der Waals surface area contributed by atoms with Crippen LogP contribution in [0, 0.1) is 12.8 Å². The van der Waals surface area contributed by atoms with Gasteiger partial charge in [-0.1, -0.05) is 73.7 Å². The van der Waals surface area contributed by atoms with Gasteiger partial charge in [-0.2, -0.15) is 0 Å². The first-order valence-electron chi connectivity index (χ1n) is 13.6. The summed E-state index contributed by atoms with van der Waals surface area (Å²) in [5, 5.41) is 0.928. The molecule has 1 atom stereocenters. The van der Waals surface area contributed by atoms with Crippen molar-refractivity contribution in [2.75, 3.05) is 20.2 Å². The van der Waals surface area contributed by atoms with E-state index in [1.807, 2.05) is 88.5 Å². The number of aryl methyl sites for hydroxylation is 1. The highest BCUT2D eigenvalue weighted by Gasteiger charge is 2.23. The van der Waals surface area contributed by atoms with Gasteiger partial charge in [0.2, 0.25) is 5.91 Å². The zero-order valence-electron chi connectivity index (χ0n) is 23.3. The van der Waals surface area contributed by atoms with E-state index in [0.717, 1.165) is 39.7 Å². The monoisotopic (exact) mass is 526 g/mol. The average molecular weight is 527 g/mol. The maximum atomic E-state index is 13.3. The smallest absolute Gasteiger partial charge is 0.308 e. The average Bonchev–Trinajstić information content (AvgIpc) is 3.26. The van der Waals surface area contributed by atoms with E-state index < -0.39 is 0 Å². The lowest BCUT2D eigenvalue weighted by atomic mass is 9.96. The molecule has 4 aromatic rings. The van der Waals surface area contributed by atoms with Crippen molar-refractivity contribution in [1.82, 2.24) is 9.88 Å². The normalized spacial score (nSPS) is 11.8. The minimum atomic E-state index is -0.306. The number of aromatic amines is 1. The van der Waals surface area contributed by atoms with Crippen molar-refractivity contribution >= 4 is 22.8 Å². The van der Waals surface area contributed by atoms with E-state index in [9.17, 15) is 9.59 Å². The van der Waals surface area contributed by atoms with Crippen LogP contribution in [0.15, 0.2) is 72.8 Å². The second kappa shape index (κ2) is 13.1. The van der Waals surface area contributed by atoms with Gasteiger partial charge < -0.3 is 19.4 Å². The molecular weight excluding hydrogens is 488 g/mol. The van der Waals surface area contributed by atoms with Crippen LogP contribution in [0.2, 0.25) is 0 Å². The van der Waals surface area contributed by atoms with E-state index in [2.05, 4.69) is 17.1 Å². The number of hydrogen-bond donors (Lipinski definition) is 1. The van der Waals surface area contributed by atoms with E-state index in [0.29, 0.717) is 31.9 Å². The third kappa shape index (κ3) is 7.08. The summed E-state index contributed by atoms with van der Waals surface area (Å²) < 4.78 is 11.8. The predicted octanol–water partition coefficient (Wildman–Crippen LogP) is 6.04. The number of nitrogens with one attached hydrogen (secondary N) is 1. The van der Waals surface area contributed by atoms with E-state index in [1.54, 1.807) is 4.90 Å². The van der Waals surface area contributed by atoms with Crippen LogP contribution < -0.4 is 4.74 Å². The molecule has 1 heterocycles. The van der Waals surface area contributed by atoms with E-state index >= 15 is 0 Å². The van der Waals surface area contributed by atoms with Crippen molar-refractivity contribution in [2.45, 2.75) is 46.6 Å². The number of rotatable bonds is 12. The number of carbonyl (C=O) groups excluding carboxylic acids is 2. The van der Waals surface area contributed by atoms with Crippen LogP contribution in [0.4, 0.5) is 0 Å². The van der Waals surface area contributed by atoms with E-state index in [4.69, 9.17) is 9.47 Å². The van der Waals surface area contributed by atoms with E-state index in [-0.39, 0.29) is 24.2 Å². The van der Waals surface area contributed by atoms with Crippen LogP contribution in [-0.2, 0) is 40.2 Å². The SMILES string of the molecule is CCOC(=O)C(C)Cc1c(C)[nH]c2ccc(CC(=O)N(C)CCc3ccccc3)c(OCc3ccccc3)c12. The summed E-state index contributed by atoms with van der Waals surface area (Å²) in [6, 6.07) is 24.1. The molecule has 6 nitrogen and oxygen atoms in total. The molecule has 0 aliphatic heterocycles. The number of amides is 1. The summed E-state index contributed by atoms with van der Waals surface area (Å²) >= 11 is 0. The summed E-state index contributed by atoms with van der Waals surface area (Å²) in [6.07, 6.45) is 1.54. The molecule has 0 aliphatic carbocycles. The second-order valence-electron chi connectivity index (χ2n) is 10.1. The van der Waals surface area contributed by atoms with E-state index in [1.165, 1.54) is 5.56 Å². The number of likely N-dealkylation sites (N-methyl/N-ethyl adjacent to an activating group) is 1. The molecule has 3 aromatic carbocycles. The molecule has 0 aliphatic rings. The summed E-state index contributed by atoms with van der Waals surface area (Å²) in [4.78, 5) is 31.0. The minimum absolute atomic E-state index is 0.0311. The molecule has 1 unspecified atom stereocenters. The number of carbonyl (C=O) groups is 2. The first kappa shape index (κ1) is 28.0. The molecule has 39 heavy (non-hydrogen) atoms. The van der Waals surface area contributed by atoms with Crippen LogP contribution >= 0.6 is 0 Å². The number of ether oxygens (including phenoxy) is 2. The first-order valence-corrected chi connectivity index (χ1v) is 13.6. The third-order valence-electron chi connectivity index (χ3n) is 7.09. The summed E-state index contributed by atoms with van der Waals surface area (Å²) in [7, 11) is 1.85. The Kier molecular flexibility index (Phi) is 9.42. The minimum Gasteiger partial charge on any atom is -0.488 e. The molecule has 0 bridgehead atoms. The van der Waals surface area contributed by atoms with Crippen molar-refractivity contribution in [3.8, 4) is 5.75 Å². The molecule has 1 amide bonds. The Morgan fingerprint density at radius 2 is 1.62 bits per heavy atom. The third-order valence-corrected chi connectivity index (χ3v) is 7.09. The number of fused-ring (bicyclic) bond motifs is 1. The van der Waals surface area contributed by atoms with Gasteiger partial charge in [0.05, 0.1) is 18.9 Å². The van der Waals surface area contributed by atoms with Crippen molar-refractivity contribution in [3.05, 3.63) is 101 Å². The highest BCUT2D eigenvalue weighted by molar-refractivity contribution is 5.94. The number of nitrogens with zero attached hydrogens (tertiary/aromatic N) is 1. The van der Waals surface area contributed by atoms with Crippen molar-refractivity contribution in [1.29, 1.82) is 0 Å². The van der Waals surface area contributed by atoms with Gasteiger partial charge in [0.15, 0.2) is 0 Å². The van der Waals surface area contributed by atoms with Crippen LogP contribution in [0.1, 0.15) is 41.8 Å². The van der Waals surface area contributed by atoms with Crippen molar-refractivity contribution < 1.29 is 19.1 Å². The van der Waals surface area contributed by atoms with Gasteiger partial charge in [-0.05, 0) is 49.4 Å². The summed E-state index contributed by atoms with van der Waals surface area (Å²) in [6.45, 7) is 7.08. The topological polar surface area (TPSA) is 71.6 Å². The molecule has 1 N–H and O–H groups in total. The molecule has 6 heteroatoms. The van der Waals surface area contributed by atoms with Crippen molar-refractivity contribution in [3.63, 3.8) is 0 Å². The fourth-order valence-electron chi connectivity index (χ4n) is 4.82. The fourth-order valence-corrected chi connectivity index (χ4v) is 4.82. The zero-order valence-corrected chi connectivity index (χ0v) is 23.3. The van der Waals surface area contributed by atoms with Gasteiger partial charge in [-0.3, -0.25) is 9.59 Å². The molecule has 0 saturated carbocycles. The molecular formula is C33H38N2O4. The number of benzene rings is 3. The largest absolute Gasteiger partial charge is 0.488 e. The predicted molar refractivity (Wildman–Crippen MR) is 155 cm³/mol. The Hall–Kier alpha value is -4.06. The number of esters is 1. The lowest BCUT2D eigenvalue weighted by Crippen LogP contribution is -2.30. The molecule has 0 radical (unpaired) electrons. The zero-order chi connectivity index (χ0) is 27.8. The van der Waals surface area contributed by atoms with Gasteiger partial charge in [-0.25, -0.2) is 0 Å². The Morgan fingerprint density at radius 1 is 0.949 bits per heavy atom. The van der Waals surface area contributed by atoms with Gasteiger partial charge in [0, 0.05) is 35.8 Å². The molecule has 4 rings (SSSR count). The Labute approximate surface area is 230 Å². The molecule has 0 spiro atoms. The van der Waals surface area contributed by atoms with Gasteiger partial charge >= 0.3 is 5.97 Å². The van der Waals surface area contributed by atoms with Gasteiger partial charge in [0.25, 0.3) is 0 Å². The summed E-state index contributed by atoms with van der Waals surface area (Å²) in [5.41, 5.74) is 6.00.